The van der Waals surface area contributed by atoms with E-state index in [9.17, 15) is 0 Å². The summed E-state index contributed by atoms with van der Waals surface area (Å²) in [5, 5.41) is 0. The van der Waals surface area contributed by atoms with E-state index in [1.165, 1.54) is 44.1 Å². The normalized spacial score (nSPS) is 33.6. The van der Waals surface area contributed by atoms with Gasteiger partial charge in [-0.2, -0.15) is 0 Å². The first-order valence-corrected chi connectivity index (χ1v) is 8.69. The Bertz CT molecular complexity index is 429. The molecular formula is C18H28N2O. The first-order valence-electron chi connectivity index (χ1n) is 8.69. The summed E-state index contributed by atoms with van der Waals surface area (Å²) < 4.78 is 5.94. The second-order valence-corrected chi connectivity index (χ2v) is 7.26. The van der Waals surface area contributed by atoms with Gasteiger partial charge in [-0.1, -0.05) is 26.7 Å². The summed E-state index contributed by atoms with van der Waals surface area (Å²) in [6.45, 7) is 4.68. The fourth-order valence-electron chi connectivity index (χ4n) is 3.69. The molecule has 3 heteroatoms. The van der Waals surface area contributed by atoms with Gasteiger partial charge in [-0.3, -0.25) is 0 Å². The van der Waals surface area contributed by atoms with Crippen molar-refractivity contribution in [2.75, 3.05) is 0 Å². The Labute approximate surface area is 128 Å². The van der Waals surface area contributed by atoms with Crippen LogP contribution in [0.25, 0.3) is 0 Å². The van der Waals surface area contributed by atoms with E-state index in [1.54, 1.807) is 0 Å². The van der Waals surface area contributed by atoms with Crippen LogP contribution < -0.4 is 4.74 Å². The smallest absolute Gasteiger partial charge is 0.316 e. The van der Waals surface area contributed by atoms with E-state index in [-0.39, 0.29) is 0 Å². The van der Waals surface area contributed by atoms with E-state index in [0.29, 0.717) is 18.0 Å². The zero-order valence-electron chi connectivity index (χ0n) is 13.4. The van der Waals surface area contributed by atoms with Crippen LogP contribution >= 0.6 is 0 Å². The molecule has 0 radical (unpaired) electrons. The summed E-state index contributed by atoms with van der Waals surface area (Å²) in [5.41, 5.74) is 1.30. The Balaban J connectivity index is 1.54. The summed E-state index contributed by atoms with van der Waals surface area (Å²) in [6.07, 6.45) is 14.4. The van der Waals surface area contributed by atoms with Gasteiger partial charge in [-0.05, 0) is 61.8 Å². The summed E-state index contributed by atoms with van der Waals surface area (Å²) in [4.78, 5) is 8.91. The molecule has 3 rings (SSSR count). The number of nitrogens with zero attached hydrogens (tertiary/aromatic N) is 2. The Kier molecular flexibility index (Phi) is 4.77. The molecule has 0 N–H and O–H groups in total. The first-order chi connectivity index (χ1) is 10.2. The SMILES string of the molecule is CC1CCC(Oc2ncc(C3CCC(C)CC3)cn2)CC1. The number of ether oxygens (including phenoxy) is 1. The minimum Gasteiger partial charge on any atom is -0.460 e. The molecule has 2 aliphatic rings. The molecule has 0 aromatic carbocycles. The van der Waals surface area contributed by atoms with Gasteiger partial charge in [0.25, 0.3) is 0 Å². The van der Waals surface area contributed by atoms with E-state index in [4.69, 9.17) is 4.74 Å². The lowest BCUT2D eigenvalue weighted by atomic mass is 9.80. The topological polar surface area (TPSA) is 35.0 Å². The van der Waals surface area contributed by atoms with Crippen molar-refractivity contribution in [2.24, 2.45) is 11.8 Å². The lowest BCUT2D eigenvalue weighted by molar-refractivity contribution is 0.124. The number of hydrogen-bond donors (Lipinski definition) is 0. The highest BCUT2D eigenvalue weighted by Gasteiger charge is 2.22. The van der Waals surface area contributed by atoms with Crippen LogP contribution in [-0.4, -0.2) is 16.1 Å². The number of rotatable bonds is 3. The third-order valence-corrected chi connectivity index (χ3v) is 5.37. The molecule has 0 spiro atoms. The van der Waals surface area contributed by atoms with Crippen molar-refractivity contribution in [1.29, 1.82) is 0 Å². The van der Waals surface area contributed by atoms with Crippen LogP contribution in [0.3, 0.4) is 0 Å². The van der Waals surface area contributed by atoms with Gasteiger partial charge in [-0.15, -0.1) is 0 Å². The Hall–Kier alpha value is -1.12. The second kappa shape index (κ2) is 6.76. The molecule has 0 unspecified atom stereocenters. The molecule has 0 aliphatic heterocycles. The highest BCUT2D eigenvalue weighted by atomic mass is 16.5. The Morgan fingerprint density at radius 3 is 1.90 bits per heavy atom. The fourth-order valence-corrected chi connectivity index (χ4v) is 3.69. The van der Waals surface area contributed by atoms with Crippen LogP contribution in [-0.2, 0) is 0 Å². The average Bonchev–Trinajstić information content (AvgIpc) is 2.51. The van der Waals surface area contributed by atoms with Gasteiger partial charge in [0.15, 0.2) is 0 Å². The van der Waals surface area contributed by atoms with Crippen molar-refractivity contribution >= 4 is 0 Å². The third-order valence-electron chi connectivity index (χ3n) is 5.37. The van der Waals surface area contributed by atoms with Crippen LogP contribution in [0.1, 0.15) is 76.7 Å². The van der Waals surface area contributed by atoms with Gasteiger partial charge in [-0.25, -0.2) is 9.97 Å². The predicted octanol–water partition coefficient (Wildman–Crippen LogP) is 4.73. The minimum absolute atomic E-state index is 0.322. The van der Waals surface area contributed by atoms with E-state index in [0.717, 1.165) is 24.7 Å². The van der Waals surface area contributed by atoms with Crippen LogP contribution in [0.2, 0.25) is 0 Å². The monoisotopic (exact) mass is 288 g/mol. The molecule has 2 fully saturated rings. The molecule has 0 amide bonds. The van der Waals surface area contributed by atoms with Gasteiger partial charge >= 0.3 is 6.01 Å². The van der Waals surface area contributed by atoms with E-state index < -0.39 is 0 Å². The lowest BCUT2D eigenvalue weighted by Crippen LogP contribution is -2.24. The van der Waals surface area contributed by atoms with Gasteiger partial charge in [0, 0.05) is 12.4 Å². The second-order valence-electron chi connectivity index (χ2n) is 7.26. The predicted molar refractivity (Wildman–Crippen MR) is 84.5 cm³/mol. The lowest BCUT2D eigenvalue weighted by Gasteiger charge is -2.27. The maximum Gasteiger partial charge on any atom is 0.316 e. The molecule has 0 saturated heterocycles. The summed E-state index contributed by atoms with van der Waals surface area (Å²) in [7, 11) is 0. The average molecular weight is 288 g/mol. The minimum atomic E-state index is 0.322. The van der Waals surface area contributed by atoms with Crippen molar-refractivity contribution in [2.45, 2.75) is 77.2 Å². The standard InChI is InChI=1S/C18H28N2O/c1-13-3-7-15(8-4-13)16-11-19-18(20-12-16)21-17-9-5-14(2)6-10-17/h11-15,17H,3-10H2,1-2H3. The van der Waals surface area contributed by atoms with Crippen LogP contribution in [0.15, 0.2) is 12.4 Å². The van der Waals surface area contributed by atoms with Crippen molar-refractivity contribution in [1.82, 2.24) is 9.97 Å². The molecule has 116 valence electrons. The quantitative estimate of drug-likeness (QED) is 0.806. The van der Waals surface area contributed by atoms with Gasteiger partial charge in [0.2, 0.25) is 0 Å². The third kappa shape index (κ3) is 3.96. The molecule has 0 atom stereocenters. The Morgan fingerprint density at radius 1 is 0.810 bits per heavy atom. The molecule has 1 aromatic rings. The highest BCUT2D eigenvalue weighted by Crippen LogP contribution is 2.35. The van der Waals surface area contributed by atoms with Gasteiger partial charge in [0.1, 0.15) is 6.10 Å². The highest BCUT2D eigenvalue weighted by molar-refractivity contribution is 5.14. The van der Waals surface area contributed by atoms with Crippen LogP contribution in [0.5, 0.6) is 6.01 Å². The van der Waals surface area contributed by atoms with E-state index in [1.807, 2.05) is 12.4 Å². The van der Waals surface area contributed by atoms with Gasteiger partial charge in [0.05, 0.1) is 0 Å². The maximum absolute atomic E-state index is 5.94. The number of hydrogen-bond acceptors (Lipinski definition) is 3. The van der Waals surface area contributed by atoms with Crippen molar-refractivity contribution < 1.29 is 4.74 Å². The maximum atomic E-state index is 5.94. The largest absolute Gasteiger partial charge is 0.460 e. The molecule has 3 nitrogen and oxygen atoms in total. The summed E-state index contributed by atoms with van der Waals surface area (Å²) >= 11 is 0. The van der Waals surface area contributed by atoms with Crippen molar-refractivity contribution in [3.8, 4) is 6.01 Å². The van der Waals surface area contributed by atoms with E-state index in [2.05, 4.69) is 23.8 Å². The number of aromatic nitrogens is 2. The molecule has 2 saturated carbocycles. The molecule has 0 bridgehead atoms. The molecule has 2 aliphatic carbocycles. The molecule has 1 heterocycles. The van der Waals surface area contributed by atoms with Crippen molar-refractivity contribution in [3.05, 3.63) is 18.0 Å². The van der Waals surface area contributed by atoms with E-state index >= 15 is 0 Å². The fraction of sp³-hybridized carbons (Fsp3) is 0.778. The molecular weight excluding hydrogens is 260 g/mol. The first kappa shape index (κ1) is 14.8. The molecule has 1 aromatic heterocycles. The van der Waals surface area contributed by atoms with Crippen molar-refractivity contribution in [3.63, 3.8) is 0 Å². The Morgan fingerprint density at radius 2 is 1.33 bits per heavy atom. The zero-order valence-corrected chi connectivity index (χ0v) is 13.4. The van der Waals surface area contributed by atoms with Crippen LogP contribution in [0, 0.1) is 11.8 Å². The summed E-state index contributed by atoms with van der Waals surface area (Å²) in [6, 6.07) is 0.572. The van der Waals surface area contributed by atoms with Gasteiger partial charge < -0.3 is 4.74 Å². The van der Waals surface area contributed by atoms with Crippen LogP contribution in [0.4, 0.5) is 0 Å². The summed E-state index contributed by atoms with van der Waals surface area (Å²) in [5.74, 6) is 2.39. The zero-order chi connectivity index (χ0) is 14.7. The molecule has 21 heavy (non-hydrogen) atoms.